The maximum absolute atomic E-state index is 11.4. The zero-order chi connectivity index (χ0) is 12.0. The van der Waals surface area contributed by atoms with Crippen molar-refractivity contribution in [1.29, 1.82) is 0 Å². The molecular weight excluding hydrogens is 331 g/mol. The van der Waals surface area contributed by atoms with Gasteiger partial charge in [-0.3, -0.25) is 4.79 Å². The highest BCUT2D eigenvalue weighted by Crippen LogP contribution is 2.07. The zero-order valence-electron chi connectivity index (χ0n) is 10.9. The first-order valence-electron chi connectivity index (χ1n) is 5.88. The van der Waals surface area contributed by atoms with Crippen molar-refractivity contribution in [3.63, 3.8) is 0 Å². The summed E-state index contributed by atoms with van der Waals surface area (Å²) in [6.07, 6.45) is 2.43. The maximum Gasteiger partial charge on any atom is 0.243 e. The van der Waals surface area contributed by atoms with E-state index in [4.69, 9.17) is 0 Å². The minimum atomic E-state index is 0. The Morgan fingerprint density at radius 2 is 1.94 bits per heavy atom. The van der Waals surface area contributed by atoms with Crippen molar-refractivity contribution in [2.75, 3.05) is 40.3 Å². The standard InChI is InChI=1S/C11H22N4O.HI/c1-4-12-11(15-7-5-6-8-15)13-9-10(16)14(2)3;/h4-9H2,1-3H3,(H,12,13);1H. The van der Waals surface area contributed by atoms with E-state index in [0.717, 1.165) is 25.6 Å². The molecule has 1 rings (SSSR count). The predicted molar refractivity (Wildman–Crippen MR) is 80.9 cm³/mol. The Morgan fingerprint density at radius 1 is 1.35 bits per heavy atom. The van der Waals surface area contributed by atoms with Crippen molar-refractivity contribution < 1.29 is 4.79 Å². The van der Waals surface area contributed by atoms with Gasteiger partial charge < -0.3 is 15.1 Å². The summed E-state index contributed by atoms with van der Waals surface area (Å²) in [5.41, 5.74) is 0. The molecule has 0 unspecified atom stereocenters. The molecule has 17 heavy (non-hydrogen) atoms. The van der Waals surface area contributed by atoms with Gasteiger partial charge in [0, 0.05) is 33.7 Å². The number of hydrogen-bond acceptors (Lipinski definition) is 2. The molecule has 1 aliphatic rings. The van der Waals surface area contributed by atoms with Gasteiger partial charge in [0.2, 0.25) is 5.91 Å². The molecule has 1 saturated heterocycles. The van der Waals surface area contributed by atoms with Crippen LogP contribution in [0.25, 0.3) is 0 Å². The fourth-order valence-electron chi connectivity index (χ4n) is 1.64. The average molecular weight is 354 g/mol. The van der Waals surface area contributed by atoms with Gasteiger partial charge in [-0.25, -0.2) is 4.99 Å². The van der Waals surface area contributed by atoms with Gasteiger partial charge in [-0.1, -0.05) is 0 Å². The number of carbonyl (C=O) groups excluding carboxylic acids is 1. The summed E-state index contributed by atoms with van der Waals surface area (Å²) in [4.78, 5) is 19.6. The fraction of sp³-hybridized carbons (Fsp3) is 0.818. The van der Waals surface area contributed by atoms with E-state index in [9.17, 15) is 4.79 Å². The third kappa shape index (κ3) is 5.56. The number of rotatable bonds is 3. The SMILES string of the molecule is CCNC(=NCC(=O)N(C)C)N1CCCC1.I. The summed E-state index contributed by atoms with van der Waals surface area (Å²) in [6.45, 7) is 5.20. The number of likely N-dealkylation sites (tertiary alicyclic amines) is 1. The minimum absolute atomic E-state index is 0. The largest absolute Gasteiger partial charge is 0.357 e. The number of nitrogens with zero attached hydrogens (tertiary/aromatic N) is 3. The van der Waals surface area contributed by atoms with E-state index in [1.54, 1.807) is 19.0 Å². The first kappa shape index (κ1) is 16.5. The van der Waals surface area contributed by atoms with Crippen molar-refractivity contribution in [1.82, 2.24) is 15.1 Å². The van der Waals surface area contributed by atoms with E-state index in [1.807, 2.05) is 6.92 Å². The van der Waals surface area contributed by atoms with Gasteiger partial charge in [0.05, 0.1) is 0 Å². The summed E-state index contributed by atoms with van der Waals surface area (Å²) in [5, 5.41) is 3.22. The molecule has 0 aliphatic carbocycles. The van der Waals surface area contributed by atoms with Gasteiger partial charge in [0.15, 0.2) is 5.96 Å². The molecule has 1 amide bonds. The molecule has 100 valence electrons. The smallest absolute Gasteiger partial charge is 0.243 e. The van der Waals surface area contributed by atoms with Crippen molar-refractivity contribution in [3.8, 4) is 0 Å². The Kier molecular flexibility index (Phi) is 8.28. The third-order valence-electron chi connectivity index (χ3n) is 2.60. The van der Waals surface area contributed by atoms with Crippen molar-refractivity contribution in [3.05, 3.63) is 0 Å². The number of hydrogen-bond donors (Lipinski definition) is 1. The second-order valence-electron chi connectivity index (χ2n) is 4.15. The van der Waals surface area contributed by atoms with Gasteiger partial charge in [0.25, 0.3) is 0 Å². The molecule has 0 atom stereocenters. The Labute approximate surface area is 121 Å². The molecule has 5 nitrogen and oxygen atoms in total. The monoisotopic (exact) mass is 354 g/mol. The lowest BCUT2D eigenvalue weighted by atomic mass is 10.4. The molecule has 0 radical (unpaired) electrons. The number of guanidine groups is 1. The Balaban J connectivity index is 0.00000256. The number of nitrogens with one attached hydrogen (secondary N) is 1. The van der Waals surface area contributed by atoms with Gasteiger partial charge in [0.1, 0.15) is 6.54 Å². The second-order valence-corrected chi connectivity index (χ2v) is 4.15. The van der Waals surface area contributed by atoms with Crippen LogP contribution in [-0.4, -0.2) is 61.9 Å². The number of carbonyl (C=O) groups is 1. The zero-order valence-corrected chi connectivity index (χ0v) is 13.2. The molecule has 0 aromatic rings. The third-order valence-corrected chi connectivity index (χ3v) is 2.60. The minimum Gasteiger partial charge on any atom is -0.357 e. The van der Waals surface area contributed by atoms with Crippen LogP contribution in [0.4, 0.5) is 0 Å². The van der Waals surface area contributed by atoms with E-state index < -0.39 is 0 Å². The summed E-state index contributed by atoms with van der Waals surface area (Å²) in [6, 6.07) is 0. The van der Waals surface area contributed by atoms with Crippen LogP contribution >= 0.6 is 24.0 Å². The van der Waals surface area contributed by atoms with E-state index in [1.165, 1.54) is 12.8 Å². The molecule has 6 heteroatoms. The van der Waals surface area contributed by atoms with Crippen molar-refractivity contribution in [2.24, 2.45) is 4.99 Å². The highest BCUT2D eigenvalue weighted by atomic mass is 127. The second kappa shape index (κ2) is 8.54. The molecule has 0 aromatic heterocycles. The molecule has 0 bridgehead atoms. The molecule has 1 fully saturated rings. The van der Waals surface area contributed by atoms with Crippen LogP contribution in [0.3, 0.4) is 0 Å². The van der Waals surface area contributed by atoms with Crippen molar-refractivity contribution in [2.45, 2.75) is 19.8 Å². The summed E-state index contributed by atoms with van der Waals surface area (Å²) in [7, 11) is 3.50. The quantitative estimate of drug-likeness (QED) is 0.462. The average Bonchev–Trinajstić information content (AvgIpc) is 2.76. The lowest BCUT2D eigenvalue weighted by molar-refractivity contribution is -0.127. The number of amides is 1. The Bertz CT molecular complexity index is 262. The fourth-order valence-corrected chi connectivity index (χ4v) is 1.64. The van der Waals surface area contributed by atoms with Crippen LogP contribution in [-0.2, 0) is 4.79 Å². The van der Waals surface area contributed by atoms with E-state index in [-0.39, 0.29) is 36.4 Å². The predicted octanol–water partition coefficient (Wildman–Crippen LogP) is 0.754. The topological polar surface area (TPSA) is 47.9 Å². The summed E-state index contributed by atoms with van der Waals surface area (Å²) >= 11 is 0. The van der Waals surface area contributed by atoms with Crippen LogP contribution in [0.5, 0.6) is 0 Å². The van der Waals surface area contributed by atoms with Crippen LogP contribution < -0.4 is 5.32 Å². The highest BCUT2D eigenvalue weighted by Gasteiger charge is 2.15. The molecule has 0 spiro atoms. The lowest BCUT2D eigenvalue weighted by Gasteiger charge is -2.20. The number of aliphatic imine (C=N–C) groups is 1. The van der Waals surface area contributed by atoms with Crippen LogP contribution in [0.1, 0.15) is 19.8 Å². The van der Waals surface area contributed by atoms with Crippen LogP contribution in [0.15, 0.2) is 4.99 Å². The molecule has 1 aliphatic heterocycles. The number of likely N-dealkylation sites (N-methyl/N-ethyl adjacent to an activating group) is 1. The molecule has 0 aromatic carbocycles. The first-order valence-corrected chi connectivity index (χ1v) is 5.88. The van der Waals surface area contributed by atoms with Crippen molar-refractivity contribution >= 4 is 35.8 Å². The lowest BCUT2D eigenvalue weighted by Crippen LogP contribution is -2.40. The van der Waals surface area contributed by atoms with Gasteiger partial charge in [-0.15, -0.1) is 24.0 Å². The van der Waals surface area contributed by atoms with Gasteiger partial charge in [-0.2, -0.15) is 0 Å². The van der Waals surface area contributed by atoms with E-state index >= 15 is 0 Å². The maximum atomic E-state index is 11.4. The van der Waals surface area contributed by atoms with E-state index in [2.05, 4.69) is 15.2 Å². The summed E-state index contributed by atoms with van der Waals surface area (Å²) in [5.74, 6) is 0.907. The van der Waals surface area contributed by atoms with Gasteiger partial charge >= 0.3 is 0 Å². The normalized spacial score (nSPS) is 15.5. The highest BCUT2D eigenvalue weighted by molar-refractivity contribution is 14.0. The van der Waals surface area contributed by atoms with Crippen LogP contribution in [0, 0.1) is 0 Å². The number of halogens is 1. The van der Waals surface area contributed by atoms with Gasteiger partial charge in [-0.05, 0) is 19.8 Å². The molecular formula is C11H23IN4O. The molecule has 1 N–H and O–H groups in total. The molecule has 1 heterocycles. The summed E-state index contributed by atoms with van der Waals surface area (Å²) < 4.78 is 0. The first-order chi connectivity index (χ1) is 7.65. The Morgan fingerprint density at radius 3 is 2.41 bits per heavy atom. The Hall–Kier alpha value is -0.530. The van der Waals surface area contributed by atoms with E-state index in [0.29, 0.717) is 0 Å². The molecule has 0 saturated carbocycles. The van der Waals surface area contributed by atoms with Crippen LogP contribution in [0.2, 0.25) is 0 Å².